The molecule has 0 bridgehead atoms. The highest BCUT2D eigenvalue weighted by Gasteiger charge is 1.96. The van der Waals surface area contributed by atoms with Crippen LogP contribution in [0.2, 0.25) is 0 Å². The van der Waals surface area contributed by atoms with E-state index in [4.69, 9.17) is 4.74 Å². The Bertz CT molecular complexity index is 395. The summed E-state index contributed by atoms with van der Waals surface area (Å²) in [5, 5.41) is 0. The zero-order chi connectivity index (χ0) is 9.80. The molecule has 0 saturated heterocycles. The molecule has 3 heteroatoms. The molecule has 0 aliphatic heterocycles. The molecule has 1 N–H and O–H groups in total. The molecule has 0 fully saturated rings. The average molecular weight is 188 g/mol. The van der Waals surface area contributed by atoms with E-state index in [0.717, 1.165) is 11.4 Å². The van der Waals surface area contributed by atoms with E-state index in [2.05, 4.69) is 9.97 Å². The van der Waals surface area contributed by atoms with Gasteiger partial charge in [-0.25, -0.2) is 4.98 Å². The second-order valence-corrected chi connectivity index (χ2v) is 3.18. The largest absolute Gasteiger partial charge is 0.487 e. The Hall–Kier alpha value is -1.77. The summed E-state index contributed by atoms with van der Waals surface area (Å²) in [5.41, 5.74) is 2.18. The fourth-order valence-corrected chi connectivity index (χ4v) is 1.23. The van der Waals surface area contributed by atoms with Gasteiger partial charge < -0.3 is 9.72 Å². The summed E-state index contributed by atoms with van der Waals surface area (Å²) in [6.07, 6.45) is 3.41. The van der Waals surface area contributed by atoms with Gasteiger partial charge in [0.15, 0.2) is 0 Å². The van der Waals surface area contributed by atoms with E-state index in [1.165, 1.54) is 5.56 Å². The second-order valence-electron chi connectivity index (χ2n) is 3.18. The SMILES string of the molecule is Cc1cccc(OCc2cnc[nH]2)c1. The fourth-order valence-electron chi connectivity index (χ4n) is 1.23. The maximum Gasteiger partial charge on any atom is 0.130 e. The van der Waals surface area contributed by atoms with Crippen molar-refractivity contribution in [1.82, 2.24) is 9.97 Å². The molecule has 0 amide bonds. The standard InChI is InChI=1S/C11H12N2O/c1-9-3-2-4-11(5-9)14-7-10-6-12-8-13-10/h2-6,8H,7H2,1H3,(H,12,13). The molecule has 72 valence electrons. The van der Waals surface area contributed by atoms with Crippen molar-refractivity contribution in [2.24, 2.45) is 0 Å². The van der Waals surface area contributed by atoms with Crippen LogP contribution in [0.3, 0.4) is 0 Å². The monoisotopic (exact) mass is 188 g/mol. The van der Waals surface area contributed by atoms with Gasteiger partial charge in [0.1, 0.15) is 12.4 Å². The minimum atomic E-state index is 0.531. The number of nitrogens with one attached hydrogen (secondary N) is 1. The van der Waals surface area contributed by atoms with Crippen LogP contribution in [-0.2, 0) is 6.61 Å². The van der Waals surface area contributed by atoms with Gasteiger partial charge in [0, 0.05) is 0 Å². The maximum absolute atomic E-state index is 5.56. The van der Waals surface area contributed by atoms with E-state index in [9.17, 15) is 0 Å². The lowest BCUT2D eigenvalue weighted by atomic mass is 10.2. The number of hydrogen-bond donors (Lipinski definition) is 1. The van der Waals surface area contributed by atoms with E-state index in [1.807, 2.05) is 31.2 Å². The minimum absolute atomic E-state index is 0.531. The molecule has 0 unspecified atom stereocenters. The summed E-state index contributed by atoms with van der Waals surface area (Å²) in [6, 6.07) is 7.99. The van der Waals surface area contributed by atoms with Gasteiger partial charge in [-0.15, -0.1) is 0 Å². The summed E-state index contributed by atoms with van der Waals surface area (Å²) in [5.74, 6) is 0.889. The van der Waals surface area contributed by atoms with E-state index < -0.39 is 0 Å². The number of imidazole rings is 1. The van der Waals surface area contributed by atoms with Crippen molar-refractivity contribution in [3.8, 4) is 5.75 Å². The lowest BCUT2D eigenvalue weighted by molar-refractivity contribution is 0.302. The van der Waals surface area contributed by atoms with Gasteiger partial charge in [0.2, 0.25) is 0 Å². The third-order valence-electron chi connectivity index (χ3n) is 1.94. The number of benzene rings is 1. The van der Waals surface area contributed by atoms with Crippen LogP contribution in [0.4, 0.5) is 0 Å². The highest BCUT2D eigenvalue weighted by atomic mass is 16.5. The van der Waals surface area contributed by atoms with Gasteiger partial charge in [0.25, 0.3) is 0 Å². The van der Waals surface area contributed by atoms with Gasteiger partial charge in [-0.2, -0.15) is 0 Å². The Morgan fingerprint density at radius 2 is 2.36 bits per heavy atom. The third-order valence-corrected chi connectivity index (χ3v) is 1.94. The molecular formula is C11H12N2O. The zero-order valence-electron chi connectivity index (χ0n) is 8.03. The van der Waals surface area contributed by atoms with Crippen molar-refractivity contribution in [3.05, 3.63) is 48.0 Å². The Balaban J connectivity index is 1.98. The van der Waals surface area contributed by atoms with Gasteiger partial charge >= 0.3 is 0 Å². The van der Waals surface area contributed by atoms with E-state index in [1.54, 1.807) is 12.5 Å². The highest BCUT2D eigenvalue weighted by Crippen LogP contribution is 2.13. The van der Waals surface area contributed by atoms with Crippen molar-refractivity contribution in [1.29, 1.82) is 0 Å². The van der Waals surface area contributed by atoms with Crippen molar-refractivity contribution in [2.45, 2.75) is 13.5 Å². The Labute approximate surface area is 82.8 Å². The molecule has 2 rings (SSSR count). The molecular weight excluding hydrogens is 176 g/mol. The van der Waals surface area contributed by atoms with Crippen molar-refractivity contribution in [2.75, 3.05) is 0 Å². The molecule has 0 atom stereocenters. The number of H-pyrrole nitrogens is 1. The number of hydrogen-bond acceptors (Lipinski definition) is 2. The number of nitrogens with zero attached hydrogens (tertiary/aromatic N) is 1. The number of rotatable bonds is 3. The van der Waals surface area contributed by atoms with Crippen LogP contribution in [0, 0.1) is 6.92 Å². The van der Waals surface area contributed by atoms with E-state index in [0.29, 0.717) is 6.61 Å². The number of aromatic amines is 1. The van der Waals surface area contributed by atoms with E-state index in [-0.39, 0.29) is 0 Å². The molecule has 0 aliphatic rings. The van der Waals surface area contributed by atoms with Crippen LogP contribution in [0.5, 0.6) is 5.75 Å². The Morgan fingerprint density at radius 3 is 3.07 bits per heavy atom. The van der Waals surface area contributed by atoms with Gasteiger partial charge in [-0.3, -0.25) is 0 Å². The summed E-state index contributed by atoms with van der Waals surface area (Å²) in [6.45, 7) is 2.58. The quantitative estimate of drug-likeness (QED) is 0.802. The summed E-state index contributed by atoms with van der Waals surface area (Å²) in [7, 11) is 0. The first-order valence-electron chi connectivity index (χ1n) is 4.51. The normalized spacial score (nSPS) is 10.1. The average Bonchev–Trinajstić information content (AvgIpc) is 2.67. The number of aromatic nitrogens is 2. The topological polar surface area (TPSA) is 37.9 Å². The molecule has 0 saturated carbocycles. The lowest BCUT2D eigenvalue weighted by Crippen LogP contribution is -1.95. The maximum atomic E-state index is 5.56. The molecule has 0 aliphatic carbocycles. The Kier molecular flexibility index (Phi) is 2.49. The predicted molar refractivity (Wildman–Crippen MR) is 54.1 cm³/mol. The fraction of sp³-hybridized carbons (Fsp3) is 0.182. The number of ether oxygens (including phenoxy) is 1. The van der Waals surface area contributed by atoms with Crippen molar-refractivity contribution >= 4 is 0 Å². The van der Waals surface area contributed by atoms with Gasteiger partial charge in [0.05, 0.1) is 18.2 Å². The summed E-state index contributed by atoms with van der Waals surface area (Å²) in [4.78, 5) is 6.90. The first-order chi connectivity index (χ1) is 6.84. The van der Waals surface area contributed by atoms with Crippen LogP contribution in [0.1, 0.15) is 11.3 Å². The first-order valence-corrected chi connectivity index (χ1v) is 4.51. The molecule has 1 aromatic heterocycles. The molecule has 3 nitrogen and oxygen atoms in total. The van der Waals surface area contributed by atoms with Crippen molar-refractivity contribution < 1.29 is 4.74 Å². The molecule has 0 radical (unpaired) electrons. The summed E-state index contributed by atoms with van der Waals surface area (Å²) < 4.78 is 5.56. The van der Waals surface area contributed by atoms with Crippen LogP contribution in [0.25, 0.3) is 0 Å². The summed E-state index contributed by atoms with van der Waals surface area (Å²) >= 11 is 0. The third kappa shape index (κ3) is 2.13. The number of aryl methyl sites for hydroxylation is 1. The van der Waals surface area contributed by atoms with Crippen LogP contribution >= 0.6 is 0 Å². The van der Waals surface area contributed by atoms with Crippen LogP contribution < -0.4 is 4.74 Å². The molecule has 1 aromatic carbocycles. The smallest absolute Gasteiger partial charge is 0.130 e. The van der Waals surface area contributed by atoms with Gasteiger partial charge in [-0.05, 0) is 24.6 Å². The van der Waals surface area contributed by atoms with Gasteiger partial charge in [-0.1, -0.05) is 12.1 Å². The lowest BCUT2D eigenvalue weighted by Gasteiger charge is -2.04. The second kappa shape index (κ2) is 3.96. The molecule has 0 spiro atoms. The minimum Gasteiger partial charge on any atom is -0.487 e. The molecule has 1 heterocycles. The van der Waals surface area contributed by atoms with E-state index >= 15 is 0 Å². The zero-order valence-corrected chi connectivity index (χ0v) is 8.03. The van der Waals surface area contributed by atoms with Crippen LogP contribution in [-0.4, -0.2) is 9.97 Å². The van der Waals surface area contributed by atoms with Crippen molar-refractivity contribution in [3.63, 3.8) is 0 Å². The highest BCUT2D eigenvalue weighted by molar-refractivity contribution is 5.27. The molecule has 14 heavy (non-hydrogen) atoms. The first kappa shape index (κ1) is 8.81. The predicted octanol–water partition coefficient (Wildman–Crippen LogP) is 2.30. The molecule has 2 aromatic rings. The van der Waals surface area contributed by atoms with Crippen LogP contribution in [0.15, 0.2) is 36.8 Å². The Morgan fingerprint density at radius 1 is 1.43 bits per heavy atom.